The molecule has 1 amide bonds. The lowest BCUT2D eigenvalue weighted by atomic mass is 9.71. The predicted molar refractivity (Wildman–Crippen MR) is 104 cm³/mol. The lowest BCUT2D eigenvalue weighted by Crippen LogP contribution is -2.46. The van der Waals surface area contributed by atoms with Gasteiger partial charge in [-0.05, 0) is 30.9 Å². The van der Waals surface area contributed by atoms with Crippen LogP contribution in [0.5, 0.6) is 0 Å². The van der Waals surface area contributed by atoms with E-state index < -0.39 is 5.41 Å². The first-order chi connectivity index (χ1) is 13.1. The monoisotopic (exact) mass is 382 g/mol. The third kappa shape index (κ3) is 3.18. The Morgan fingerprint density at radius 2 is 2.15 bits per heavy atom. The molecule has 27 heavy (non-hydrogen) atoms. The number of hydrogen-bond acceptors (Lipinski definition) is 5. The zero-order chi connectivity index (χ0) is 18.9. The van der Waals surface area contributed by atoms with Crippen molar-refractivity contribution in [3.8, 4) is 0 Å². The number of hydrogen-bond donors (Lipinski definition) is 0. The van der Waals surface area contributed by atoms with Crippen molar-refractivity contribution in [2.75, 3.05) is 7.11 Å². The SMILES string of the molecule is COC(=O)[C@@]1(Cc2cscn2)C[C@H]2CC[C@@H]1N2C(=O)C=Cc1ccccc1. The minimum absolute atomic E-state index is 0.0320. The van der Waals surface area contributed by atoms with E-state index in [0.717, 1.165) is 24.1 Å². The smallest absolute Gasteiger partial charge is 0.314 e. The highest BCUT2D eigenvalue weighted by atomic mass is 32.1. The molecule has 2 bridgehead atoms. The molecule has 3 heterocycles. The summed E-state index contributed by atoms with van der Waals surface area (Å²) in [5.74, 6) is -0.261. The van der Waals surface area contributed by atoms with Gasteiger partial charge in [0.2, 0.25) is 5.91 Å². The zero-order valence-electron chi connectivity index (χ0n) is 15.2. The predicted octanol–water partition coefficient (Wildman–Crippen LogP) is 3.32. The van der Waals surface area contributed by atoms with Gasteiger partial charge in [0.15, 0.2) is 0 Å². The maximum Gasteiger partial charge on any atom is 0.314 e. The Kier molecular flexibility index (Phi) is 4.83. The molecular formula is C21H22N2O3S. The molecule has 2 aromatic rings. The Morgan fingerprint density at radius 1 is 1.33 bits per heavy atom. The molecule has 1 aromatic heterocycles. The van der Waals surface area contributed by atoms with Crippen LogP contribution in [0.2, 0.25) is 0 Å². The Bertz CT molecular complexity index is 850. The molecule has 2 saturated heterocycles. The molecule has 140 valence electrons. The van der Waals surface area contributed by atoms with Gasteiger partial charge in [0.05, 0.1) is 23.7 Å². The summed E-state index contributed by atoms with van der Waals surface area (Å²) in [7, 11) is 1.43. The molecule has 0 unspecified atom stereocenters. The van der Waals surface area contributed by atoms with Crippen LogP contribution >= 0.6 is 11.3 Å². The van der Waals surface area contributed by atoms with E-state index in [1.807, 2.05) is 46.7 Å². The van der Waals surface area contributed by atoms with Gasteiger partial charge in [-0.1, -0.05) is 30.3 Å². The van der Waals surface area contributed by atoms with E-state index in [4.69, 9.17) is 4.74 Å². The molecule has 3 atom stereocenters. The van der Waals surface area contributed by atoms with E-state index >= 15 is 0 Å². The van der Waals surface area contributed by atoms with Crippen LogP contribution in [0, 0.1) is 5.41 Å². The third-order valence-electron chi connectivity index (χ3n) is 5.78. The van der Waals surface area contributed by atoms with Crippen LogP contribution in [-0.4, -0.2) is 41.0 Å². The van der Waals surface area contributed by atoms with Gasteiger partial charge in [0.25, 0.3) is 0 Å². The number of rotatable bonds is 5. The second-order valence-corrected chi connectivity index (χ2v) is 7.96. The van der Waals surface area contributed by atoms with Crippen molar-refractivity contribution in [1.29, 1.82) is 0 Å². The topological polar surface area (TPSA) is 59.5 Å². The summed E-state index contributed by atoms with van der Waals surface area (Å²) in [6, 6.07) is 9.71. The molecule has 0 radical (unpaired) electrons. The fourth-order valence-corrected chi connectivity index (χ4v) is 5.22. The number of amides is 1. The lowest BCUT2D eigenvalue weighted by Gasteiger charge is -2.34. The minimum atomic E-state index is -0.692. The second kappa shape index (κ2) is 7.27. The number of ether oxygens (including phenoxy) is 1. The molecular weight excluding hydrogens is 360 g/mol. The van der Waals surface area contributed by atoms with Gasteiger partial charge < -0.3 is 9.64 Å². The van der Waals surface area contributed by atoms with Crippen molar-refractivity contribution in [1.82, 2.24) is 9.88 Å². The van der Waals surface area contributed by atoms with Crippen LogP contribution in [-0.2, 0) is 20.7 Å². The first-order valence-corrected chi connectivity index (χ1v) is 10.1. The second-order valence-electron chi connectivity index (χ2n) is 7.24. The number of carbonyl (C=O) groups excluding carboxylic acids is 2. The normalized spacial score (nSPS) is 26.6. The van der Waals surface area contributed by atoms with Gasteiger partial charge in [0.1, 0.15) is 0 Å². The van der Waals surface area contributed by atoms with Crippen molar-refractivity contribution in [2.24, 2.45) is 5.41 Å². The Morgan fingerprint density at radius 3 is 2.85 bits per heavy atom. The first-order valence-electron chi connectivity index (χ1n) is 9.15. The summed E-state index contributed by atoms with van der Waals surface area (Å²) in [6.45, 7) is 0. The van der Waals surface area contributed by atoms with E-state index in [1.54, 1.807) is 11.6 Å². The van der Waals surface area contributed by atoms with E-state index in [1.165, 1.54) is 18.4 Å². The van der Waals surface area contributed by atoms with Crippen molar-refractivity contribution in [3.05, 3.63) is 58.6 Å². The van der Waals surface area contributed by atoms with Crippen molar-refractivity contribution < 1.29 is 14.3 Å². The summed E-state index contributed by atoms with van der Waals surface area (Å²) in [4.78, 5) is 32.0. The number of thiazole rings is 1. The number of fused-ring (bicyclic) bond motifs is 2. The average Bonchev–Trinajstić information content (AvgIpc) is 3.42. The highest BCUT2D eigenvalue weighted by Crippen LogP contribution is 2.52. The van der Waals surface area contributed by atoms with Crippen LogP contribution < -0.4 is 0 Å². The quantitative estimate of drug-likeness (QED) is 0.588. The number of esters is 1. The molecule has 2 fully saturated rings. The van der Waals surface area contributed by atoms with Crippen LogP contribution in [0.15, 0.2) is 47.3 Å². The first kappa shape index (κ1) is 17.9. The van der Waals surface area contributed by atoms with E-state index in [9.17, 15) is 9.59 Å². The fourth-order valence-electron chi connectivity index (χ4n) is 4.67. The van der Waals surface area contributed by atoms with Crippen LogP contribution in [0.4, 0.5) is 0 Å². The van der Waals surface area contributed by atoms with E-state index in [0.29, 0.717) is 12.8 Å². The molecule has 0 saturated carbocycles. The van der Waals surface area contributed by atoms with Crippen molar-refractivity contribution in [2.45, 2.75) is 37.8 Å². The molecule has 0 aliphatic carbocycles. The Balaban J connectivity index is 1.59. The maximum atomic E-state index is 13.0. The Hall–Kier alpha value is -2.47. The summed E-state index contributed by atoms with van der Waals surface area (Å²) in [5, 5.41) is 1.97. The highest BCUT2D eigenvalue weighted by molar-refractivity contribution is 7.07. The molecule has 0 N–H and O–H groups in total. The standard InChI is InChI=1S/C21H22N2O3S/c1-26-20(25)21(11-16-13-27-14-22-16)12-17-8-9-18(21)23(17)19(24)10-7-15-5-3-2-4-6-15/h2-7,10,13-14,17-18H,8-9,11-12H2,1H3/t17-,18+,21+/m1/s1. The number of aromatic nitrogens is 1. The summed E-state index contributed by atoms with van der Waals surface area (Å²) in [5.41, 5.74) is 2.96. The fraction of sp³-hybridized carbons (Fsp3) is 0.381. The molecule has 2 aliphatic heterocycles. The van der Waals surface area contributed by atoms with Crippen molar-refractivity contribution in [3.63, 3.8) is 0 Å². The molecule has 6 heteroatoms. The molecule has 0 spiro atoms. The van der Waals surface area contributed by atoms with Crippen LogP contribution in [0.25, 0.3) is 6.08 Å². The lowest BCUT2D eigenvalue weighted by molar-refractivity contribution is -0.155. The van der Waals surface area contributed by atoms with Gasteiger partial charge in [-0.15, -0.1) is 11.3 Å². The van der Waals surface area contributed by atoms with Gasteiger partial charge in [0, 0.05) is 30.0 Å². The summed E-state index contributed by atoms with van der Waals surface area (Å²) < 4.78 is 5.18. The number of benzene rings is 1. The third-order valence-corrected chi connectivity index (χ3v) is 6.42. The maximum absolute atomic E-state index is 13.0. The van der Waals surface area contributed by atoms with Gasteiger partial charge in [-0.2, -0.15) is 0 Å². The van der Waals surface area contributed by atoms with Crippen LogP contribution in [0.1, 0.15) is 30.5 Å². The largest absolute Gasteiger partial charge is 0.469 e. The molecule has 5 nitrogen and oxygen atoms in total. The van der Waals surface area contributed by atoms with Gasteiger partial charge in [-0.3, -0.25) is 9.59 Å². The van der Waals surface area contributed by atoms with Crippen LogP contribution in [0.3, 0.4) is 0 Å². The molecule has 2 aliphatic rings. The molecule has 1 aromatic carbocycles. The minimum Gasteiger partial charge on any atom is -0.469 e. The summed E-state index contributed by atoms with van der Waals surface area (Å²) >= 11 is 1.52. The number of methoxy groups -OCH3 is 1. The Labute approximate surface area is 162 Å². The van der Waals surface area contributed by atoms with Gasteiger partial charge >= 0.3 is 5.97 Å². The van der Waals surface area contributed by atoms with E-state index in [-0.39, 0.29) is 24.0 Å². The van der Waals surface area contributed by atoms with E-state index in [2.05, 4.69) is 4.98 Å². The van der Waals surface area contributed by atoms with Gasteiger partial charge in [-0.25, -0.2) is 4.98 Å². The zero-order valence-corrected chi connectivity index (χ0v) is 16.0. The summed E-state index contributed by atoms with van der Waals surface area (Å²) in [6.07, 6.45) is 6.39. The van der Waals surface area contributed by atoms with Crippen molar-refractivity contribution >= 4 is 29.3 Å². The number of nitrogens with zero attached hydrogens (tertiary/aromatic N) is 2. The average molecular weight is 382 g/mol. The molecule has 4 rings (SSSR count). The highest BCUT2D eigenvalue weighted by Gasteiger charge is 2.61. The number of carbonyl (C=O) groups is 2.